The van der Waals surface area contributed by atoms with Gasteiger partial charge < -0.3 is 11.1 Å². The Morgan fingerprint density at radius 2 is 2.12 bits per heavy atom. The quantitative estimate of drug-likeness (QED) is 0.845. The van der Waals surface area contributed by atoms with Crippen LogP contribution in [0.5, 0.6) is 0 Å². The molecule has 3 nitrogen and oxygen atoms in total. The molecule has 94 valence electrons. The van der Waals surface area contributed by atoms with Crippen molar-refractivity contribution in [3.63, 3.8) is 0 Å². The number of halogens is 1. The van der Waals surface area contributed by atoms with Crippen molar-refractivity contribution in [2.24, 2.45) is 17.6 Å². The molecule has 0 saturated heterocycles. The van der Waals surface area contributed by atoms with Crippen molar-refractivity contribution in [1.82, 2.24) is 0 Å². The van der Waals surface area contributed by atoms with E-state index in [1.165, 1.54) is 12.1 Å². The monoisotopic (exact) mass is 238 g/mol. The average Bonchev–Trinajstić information content (AvgIpc) is 2.24. The van der Waals surface area contributed by atoms with Crippen LogP contribution in [0.1, 0.15) is 19.4 Å². The summed E-state index contributed by atoms with van der Waals surface area (Å²) in [6.07, 6.45) is 0. The number of carbonyl (C=O) groups is 1. The number of rotatable bonds is 4. The smallest absolute Gasteiger partial charge is 0.229 e. The molecule has 1 atom stereocenters. The van der Waals surface area contributed by atoms with Gasteiger partial charge in [0.2, 0.25) is 5.91 Å². The summed E-state index contributed by atoms with van der Waals surface area (Å²) in [5, 5.41) is 2.72. The summed E-state index contributed by atoms with van der Waals surface area (Å²) >= 11 is 0. The van der Waals surface area contributed by atoms with Gasteiger partial charge in [-0.3, -0.25) is 4.79 Å². The van der Waals surface area contributed by atoms with Gasteiger partial charge >= 0.3 is 0 Å². The summed E-state index contributed by atoms with van der Waals surface area (Å²) in [5.74, 6) is -0.609. The van der Waals surface area contributed by atoms with Gasteiger partial charge in [-0.15, -0.1) is 0 Å². The Labute approximate surface area is 101 Å². The molecule has 0 spiro atoms. The SMILES string of the molecule is Cc1ccc(F)cc1NC(=O)C(CN)C(C)C. The Hall–Kier alpha value is -1.42. The van der Waals surface area contributed by atoms with Gasteiger partial charge in [0.25, 0.3) is 0 Å². The summed E-state index contributed by atoms with van der Waals surface area (Å²) in [7, 11) is 0. The van der Waals surface area contributed by atoms with E-state index in [9.17, 15) is 9.18 Å². The maximum absolute atomic E-state index is 13.1. The summed E-state index contributed by atoms with van der Waals surface area (Å²) < 4.78 is 13.1. The van der Waals surface area contributed by atoms with E-state index < -0.39 is 0 Å². The molecule has 0 saturated carbocycles. The summed E-state index contributed by atoms with van der Waals surface area (Å²) in [6.45, 7) is 5.99. The number of anilines is 1. The van der Waals surface area contributed by atoms with Crippen molar-refractivity contribution in [1.29, 1.82) is 0 Å². The molecule has 17 heavy (non-hydrogen) atoms. The molecule has 0 radical (unpaired) electrons. The van der Waals surface area contributed by atoms with Crippen molar-refractivity contribution < 1.29 is 9.18 Å². The Morgan fingerprint density at radius 1 is 1.47 bits per heavy atom. The zero-order valence-corrected chi connectivity index (χ0v) is 10.5. The van der Waals surface area contributed by atoms with Crippen molar-refractivity contribution in [2.75, 3.05) is 11.9 Å². The molecule has 0 aliphatic heterocycles. The third-order valence-corrected chi connectivity index (χ3v) is 2.85. The minimum atomic E-state index is -0.361. The molecule has 3 N–H and O–H groups in total. The zero-order valence-electron chi connectivity index (χ0n) is 10.5. The first-order valence-corrected chi connectivity index (χ1v) is 5.72. The molecule has 1 amide bonds. The lowest BCUT2D eigenvalue weighted by Gasteiger charge is -2.19. The topological polar surface area (TPSA) is 55.1 Å². The van der Waals surface area contributed by atoms with Crippen LogP contribution in [-0.4, -0.2) is 12.5 Å². The van der Waals surface area contributed by atoms with Crippen LogP contribution in [0.2, 0.25) is 0 Å². The Morgan fingerprint density at radius 3 is 2.65 bits per heavy atom. The molecular formula is C13H19FN2O. The largest absolute Gasteiger partial charge is 0.330 e. The number of benzene rings is 1. The van der Waals surface area contributed by atoms with Crippen molar-refractivity contribution in [3.8, 4) is 0 Å². The number of hydrogen-bond donors (Lipinski definition) is 2. The van der Waals surface area contributed by atoms with Crippen LogP contribution in [0.25, 0.3) is 0 Å². The lowest BCUT2D eigenvalue weighted by molar-refractivity contribution is -0.120. The predicted octanol–water partition coefficient (Wildman–Crippen LogP) is 2.30. The molecule has 0 aliphatic rings. The van der Waals surface area contributed by atoms with Gasteiger partial charge in [0.1, 0.15) is 5.82 Å². The molecule has 0 heterocycles. The molecule has 0 bridgehead atoms. The third kappa shape index (κ3) is 3.53. The van der Waals surface area contributed by atoms with Crippen molar-refractivity contribution in [2.45, 2.75) is 20.8 Å². The van der Waals surface area contributed by atoms with Crippen LogP contribution < -0.4 is 11.1 Å². The van der Waals surface area contributed by atoms with Crippen LogP contribution in [0.4, 0.5) is 10.1 Å². The molecule has 0 aliphatic carbocycles. The molecular weight excluding hydrogens is 219 g/mol. The first-order chi connectivity index (χ1) is 7.95. The van der Waals surface area contributed by atoms with Gasteiger partial charge in [0, 0.05) is 12.2 Å². The molecule has 4 heteroatoms. The molecule has 1 aromatic rings. The highest BCUT2D eigenvalue weighted by Crippen LogP contribution is 2.18. The maximum Gasteiger partial charge on any atom is 0.229 e. The van der Waals surface area contributed by atoms with Crippen LogP contribution in [0.3, 0.4) is 0 Å². The number of aryl methyl sites for hydroxylation is 1. The fraction of sp³-hybridized carbons (Fsp3) is 0.462. The molecule has 1 aromatic carbocycles. The minimum absolute atomic E-state index is 0.156. The minimum Gasteiger partial charge on any atom is -0.330 e. The van der Waals surface area contributed by atoms with Crippen LogP contribution >= 0.6 is 0 Å². The molecule has 0 fully saturated rings. The summed E-state index contributed by atoms with van der Waals surface area (Å²) in [5.41, 5.74) is 6.90. The summed E-state index contributed by atoms with van der Waals surface area (Å²) in [4.78, 5) is 11.9. The fourth-order valence-corrected chi connectivity index (χ4v) is 1.64. The molecule has 1 unspecified atom stereocenters. The van der Waals surface area contributed by atoms with E-state index in [2.05, 4.69) is 5.32 Å². The second-order valence-electron chi connectivity index (χ2n) is 4.53. The number of carbonyl (C=O) groups excluding carboxylic acids is 1. The molecule has 0 aromatic heterocycles. The normalized spacial score (nSPS) is 12.6. The van der Waals surface area contributed by atoms with Crippen LogP contribution in [0.15, 0.2) is 18.2 Å². The van der Waals surface area contributed by atoms with E-state index in [1.807, 2.05) is 20.8 Å². The van der Waals surface area contributed by atoms with Crippen molar-refractivity contribution >= 4 is 11.6 Å². The van der Waals surface area contributed by atoms with E-state index in [4.69, 9.17) is 5.73 Å². The highest BCUT2D eigenvalue weighted by molar-refractivity contribution is 5.93. The Balaban J connectivity index is 2.83. The predicted molar refractivity (Wildman–Crippen MR) is 67.1 cm³/mol. The lowest BCUT2D eigenvalue weighted by atomic mass is 9.95. The highest BCUT2D eigenvalue weighted by atomic mass is 19.1. The first kappa shape index (κ1) is 13.6. The Bertz CT molecular complexity index is 404. The maximum atomic E-state index is 13.1. The summed E-state index contributed by atoms with van der Waals surface area (Å²) in [6, 6.07) is 4.33. The van der Waals surface area contributed by atoms with E-state index in [0.717, 1.165) is 5.56 Å². The van der Waals surface area contributed by atoms with Crippen LogP contribution in [-0.2, 0) is 4.79 Å². The van der Waals surface area contributed by atoms with E-state index in [-0.39, 0.29) is 30.1 Å². The standard InChI is InChI=1S/C13H19FN2O/c1-8(2)11(7-15)13(17)16-12-6-10(14)5-4-9(12)3/h4-6,8,11H,7,15H2,1-3H3,(H,16,17). The fourth-order valence-electron chi connectivity index (χ4n) is 1.64. The number of hydrogen-bond acceptors (Lipinski definition) is 2. The highest BCUT2D eigenvalue weighted by Gasteiger charge is 2.20. The number of nitrogens with one attached hydrogen (secondary N) is 1. The third-order valence-electron chi connectivity index (χ3n) is 2.85. The van der Waals surface area contributed by atoms with E-state index >= 15 is 0 Å². The second kappa shape index (κ2) is 5.77. The van der Waals surface area contributed by atoms with Gasteiger partial charge in [-0.05, 0) is 30.5 Å². The number of nitrogens with two attached hydrogens (primary N) is 1. The van der Waals surface area contributed by atoms with Crippen LogP contribution in [0, 0.1) is 24.6 Å². The van der Waals surface area contributed by atoms with Gasteiger partial charge in [-0.1, -0.05) is 19.9 Å². The van der Waals surface area contributed by atoms with Crippen molar-refractivity contribution in [3.05, 3.63) is 29.6 Å². The van der Waals surface area contributed by atoms with E-state index in [0.29, 0.717) is 5.69 Å². The Kier molecular flexibility index (Phi) is 4.63. The zero-order chi connectivity index (χ0) is 13.0. The second-order valence-corrected chi connectivity index (χ2v) is 4.53. The molecule has 1 rings (SSSR count). The van der Waals surface area contributed by atoms with E-state index in [1.54, 1.807) is 6.07 Å². The van der Waals surface area contributed by atoms with Gasteiger partial charge in [0.15, 0.2) is 0 Å². The lowest BCUT2D eigenvalue weighted by Crippen LogP contribution is -2.33. The van der Waals surface area contributed by atoms with Gasteiger partial charge in [-0.25, -0.2) is 4.39 Å². The van der Waals surface area contributed by atoms with Gasteiger partial charge in [-0.2, -0.15) is 0 Å². The number of amides is 1. The first-order valence-electron chi connectivity index (χ1n) is 5.72. The van der Waals surface area contributed by atoms with Gasteiger partial charge in [0.05, 0.1) is 5.92 Å². The average molecular weight is 238 g/mol.